The predicted octanol–water partition coefficient (Wildman–Crippen LogP) is 5.14. The van der Waals surface area contributed by atoms with Crippen LogP contribution in [0.5, 0.6) is 11.5 Å². The average Bonchev–Trinajstić information content (AvgIpc) is 2.81. The first-order valence-electron chi connectivity index (χ1n) is 10.7. The molecule has 0 bridgehead atoms. The van der Waals surface area contributed by atoms with Crippen LogP contribution in [0, 0.1) is 13.8 Å². The smallest absolute Gasteiger partial charge is 0.271 e. The fourth-order valence-corrected chi connectivity index (χ4v) is 3.44. The van der Waals surface area contributed by atoms with E-state index in [1.54, 1.807) is 36.4 Å². The summed E-state index contributed by atoms with van der Waals surface area (Å²) < 4.78 is 11.3. The van der Waals surface area contributed by atoms with E-state index in [2.05, 4.69) is 15.8 Å². The van der Waals surface area contributed by atoms with Gasteiger partial charge in [0.2, 0.25) is 0 Å². The van der Waals surface area contributed by atoms with Gasteiger partial charge >= 0.3 is 0 Å². The Kier molecular flexibility index (Phi) is 8.65. The zero-order chi connectivity index (χ0) is 24.5. The molecule has 2 N–H and O–H groups in total. The molecule has 0 aromatic heterocycles. The maximum atomic E-state index is 12.4. The molecule has 0 aliphatic heterocycles. The van der Waals surface area contributed by atoms with E-state index in [9.17, 15) is 9.59 Å². The number of rotatable bonds is 9. The van der Waals surface area contributed by atoms with Crippen molar-refractivity contribution in [3.63, 3.8) is 0 Å². The minimum Gasteiger partial charge on any atom is -0.490 e. The Morgan fingerprint density at radius 2 is 1.79 bits per heavy atom. The second-order valence-electron chi connectivity index (χ2n) is 7.48. The number of halogens is 1. The van der Waals surface area contributed by atoms with Gasteiger partial charge in [-0.1, -0.05) is 47.5 Å². The lowest BCUT2D eigenvalue weighted by atomic mass is 10.1. The number of benzene rings is 3. The molecule has 8 heteroatoms. The maximum absolute atomic E-state index is 12.4. The van der Waals surface area contributed by atoms with Crippen LogP contribution in [-0.2, 0) is 4.79 Å². The Hall–Kier alpha value is -3.84. The van der Waals surface area contributed by atoms with Gasteiger partial charge < -0.3 is 14.8 Å². The monoisotopic (exact) mass is 479 g/mol. The number of hydrazone groups is 1. The van der Waals surface area contributed by atoms with Gasteiger partial charge in [0.1, 0.15) is 0 Å². The predicted molar refractivity (Wildman–Crippen MR) is 134 cm³/mol. The molecule has 3 aromatic carbocycles. The van der Waals surface area contributed by atoms with Crippen molar-refractivity contribution >= 4 is 35.3 Å². The molecule has 0 atom stereocenters. The highest BCUT2D eigenvalue weighted by Crippen LogP contribution is 2.36. The third-order valence-corrected chi connectivity index (χ3v) is 5.03. The lowest BCUT2D eigenvalue weighted by molar-refractivity contribution is -0.118. The van der Waals surface area contributed by atoms with Crippen LogP contribution in [0.15, 0.2) is 65.8 Å². The summed E-state index contributed by atoms with van der Waals surface area (Å²) in [5.41, 5.74) is 6.35. The highest BCUT2D eigenvalue weighted by Gasteiger charge is 2.15. The molecule has 0 aliphatic carbocycles. The number of carbonyl (C=O) groups excluding carboxylic acids is 2. The van der Waals surface area contributed by atoms with Crippen LogP contribution in [0.4, 0.5) is 5.69 Å². The Morgan fingerprint density at radius 3 is 2.50 bits per heavy atom. The number of amides is 2. The van der Waals surface area contributed by atoms with Crippen molar-refractivity contribution in [1.29, 1.82) is 0 Å². The van der Waals surface area contributed by atoms with E-state index >= 15 is 0 Å². The summed E-state index contributed by atoms with van der Waals surface area (Å²) in [5.74, 6) is -0.0302. The Bertz CT molecular complexity index is 1200. The number of carbonyl (C=O) groups is 2. The molecule has 0 radical (unpaired) electrons. The average molecular weight is 480 g/mol. The van der Waals surface area contributed by atoms with Crippen LogP contribution in [0.25, 0.3) is 0 Å². The second-order valence-corrected chi connectivity index (χ2v) is 7.89. The van der Waals surface area contributed by atoms with Gasteiger partial charge in [-0.15, -0.1) is 0 Å². The first-order valence-corrected chi connectivity index (χ1v) is 11.1. The molecule has 3 aromatic rings. The van der Waals surface area contributed by atoms with Gasteiger partial charge in [0.15, 0.2) is 18.1 Å². The number of anilines is 1. The summed E-state index contributed by atoms with van der Waals surface area (Å²) in [7, 11) is 0. The summed E-state index contributed by atoms with van der Waals surface area (Å²) in [6.45, 7) is 5.87. The highest BCUT2D eigenvalue weighted by molar-refractivity contribution is 6.32. The van der Waals surface area contributed by atoms with Crippen LogP contribution in [0.2, 0.25) is 5.02 Å². The molecule has 0 fully saturated rings. The Labute approximate surface area is 203 Å². The van der Waals surface area contributed by atoms with Gasteiger partial charge in [-0.25, -0.2) is 5.43 Å². The molecule has 7 nitrogen and oxygen atoms in total. The van der Waals surface area contributed by atoms with E-state index in [-0.39, 0.29) is 29.2 Å². The fraction of sp³-hybridized carbons (Fsp3) is 0.192. The first-order chi connectivity index (χ1) is 16.4. The lowest BCUT2D eigenvalue weighted by Gasteiger charge is -2.15. The van der Waals surface area contributed by atoms with E-state index in [0.29, 0.717) is 23.5 Å². The van der Waals surface area contributed by atoms with E-state index in [1.807, 2.05) is 45.0 Å². The quantitative estimate of drug-likeness (QED) is 0.328. The molecule has 0 aliphatic rings. The van der Waals surface area contributed by atoms with Crippen molar-refractivity contribution in [1.82, 2.24) is 5.43 Å². The number of hydrogen-bond donors (Lipinski definition) is 2. The molecule has 0 unspecified atom stereocenters. The number of ether oxygens (including phenoxy) is 2. The molecular weight excluding hydrogens is 454 g/mol. The molecule has 176 valence electrons. The van der Waals surface area contributed by atoms with E-state index < -0.39 is 0 Å². The molecule has 2 amide bonds. The molecule has 0 heterocycles. The van der Waals surface area contributed by atoms with Crippen LogP contribution >= 0.6 is 11.6 Å². The molecule has 0 saturated heterocycles. The summed E-state index contributed by atoms with van der Waals surface area (Å²) >= 11 is 6.41. The molecule has 0 saturated carbocycles. The van der Waals surface area contributed by atoms with Crippen molar-refractivity contribution in [2.45, 2.75) is 20.8 Å². The third kappa shape index (κ3) is 6.83. The topological polar surface area (TPSA) is 89.0 Å². The number of nitrogens with one attached hydrogen (secondary N) is 2. The summed E-state index contributed by atoms with van der Waals surface area (Å²) in [6.07, 6.45) is 1.45. The second kappa shape index (κ2) is 11.9. The Morgan fingerprint density at radius 1 is 1.03 bits per heavy atom. The van der Waals surface area contributed by atoms with Gasteiger partial charge in [0.25, 0.3) is 11.8 Å². The van der Waals surface area contributed by atoms with Crippen molar-refractivity contribution in [3.05, 3.63) is 87.9 Å². The summed E-state index contributed by atoms with van der Waals surface area (Å²) in [6, 6.07) is 17.8. The van der Waals surface area contributed by atoms with E-state index in [0.717, 1.165) is 16.8 Å². The van der Waals surface area contributed by atoms with Crippen LogP contribution in [0.1, 0.15) is 34.0 Å². The zero-order valence-corrected chi connectivity index (χ0v) is 20.0. The summed E-state index contributed by atoms with van der Waals surface area (Å²) in [4.78, 5) is 24.5. The van der Waals surface area contributed by atoms with Gasteiger partial charge in [-0.2, -0.15) is 5.10 Å². The zero-order valence-electron chi connectivity index (χ0n) is 19.2. The lowest BCUT2D eigenvalue weighted by Crippen LogP contribution is -2.21. The van der Waals surface area contributed by atoms with Gasteiger partial charge in [-0.3, -0.25) is 9.59 Å². The van der Waals surface area contributed by atoms with Gasteiger partial charge in [0.05, 0.1) is 17.8 Å². The van der Waals surface area contributed by atoms with Crippen molar-refractivity contribution in [3.8, 4) is 11.5 Å². The minimum absolute atomic E-state index is 0.242. The SMILES string of the molecule is CCOc1cc(/C=N/NC(=O)c2ccccc2)cc(Cl)c1OCC(=O)Nc1ccc(C)cc1C. The van der Waals surface area contributed by atoms with Crippen LogP contribution in [0.3, 0.4) is 0 Å². The molecule has 0 spiro atoms. The largest absolute Gasteiger partial charge is 0.490 e. The molecule has 3 rings (SSSR count). The van der Waals surface area contributed by atoms with Gasteiger partial charge in [-0.05, 0) is 62.2 Å². The maximum Gasteiger partial charge on any atom is 0.271 e. The normalized spacial score (nSPS) is 10.7. The molecule has 34 heavy (non-hydrogen) atoms. The van der Waals surface area contributed by atoms with Crippen molar-refractivity contribution in [2.75, 3.05) is 18.5 Å². The summed E-state index contributed by atoms with van der Waals surface area (Å²) in [5, 5.41) is 7.07. The Balaban J connectivity index is 1.66. The number of nitrogens with zero attached hydrogens (tertiary/aromatic N) is 1. The first kappa shape index (κ1) is 24.8. The standard InChI is InChI=1S/C26H26ClN3O4/c1-4-33-23-14-19(15-28-30-26(32)20-8-6-5-7-9-20)13-21(27)25(23)34-16-24(31)29-22-11-10-17(2)12-18(22)3/h5-15H,4,16H2,1-3H3,(H,29,31)(H,30,32)/b28-15+. The van der Waals surface area contributed by atoms with Crippen molar-refractivity contribution < 1.29 is 19.1 Å². The van der Waals surface area contributed by atoms with E-state index in [1.165, 1.54) is 6.21 Å². The van der Waals surface area contributed by atoms with Crippen molar-refractivity contribution in [2.24, 2.45) is 5.10 Å². The fourth-order valence-electron chi connectivity index (χ4n) is 3.16. The van der Waals surface area contributed by atoms with E-state index in [4.69, 9.17) is 21.1 Å². The number of hydrogen-bond acceptors (Lipinski definition) is 5. The van der Waals surface area contributed by atoms with Crippen LogP contribution in [-0.4, -0.2) is 31.2 Å². The number of aryl methyl sites for hydroxylation is 2. The minimum atomic E-state index is -0.331. The highest BCUT2D eigenvalue weighted by atomic mass is 35.5. The van der Waals surface area contributed by atoms with Gasteiger partial charge in [0, 0.05) is 11.3 Å². The van der Waals surface area contributed by atoms with Crippen LogP contribution < -0.4 is 20.2 Å². The molecular formula is C26H26ClN3O4. The third-order valence-electron chi connectivity index (χ3n) is 4.75.